The molecule has 194 valence electrons. The van der Waals surface area contributed by atoms with Gasteiger partial charge in [-0.05, 0) is 59.9 Å². The van der Waals surface area contributed by atoms with E-state index in [2.05, 4.69) is 31.8 Å². The highest BCUT2D eigenvalue weighted by atomic mass is 35.5. The van der Waals surface area contributed by atoms with Crippen molar-refractivity contribution < 1.29 is 19.4 Å². The topological polar surface area (TPSA) is 92.6 Å². The Balaban J connectivity index is 1.74. The molecular weight excluding hydrogens is 522 g/mol. The number of aliphatic hydroxyl groups excluding tert-OH is 1. The highest BCUT2D eigenvalue weighted by Gasteiger charge is 2.49. The molecule has 0 spiro atoms. The lowest BCUT2D eigenvalue weighted by Crippen LogP contribution is -2.29. The number of hydrogen-bond acceptors (Lipinski definition) is 7. The number of hydrogen-bond donors (Lipinski definition) is 1. The normalized spacial score (nSPS) is 17.4. The van der Waals surface area contributed by atoms with Crippen molar-refractivity contribution in [3.8, 4) is 5.75 Å². The quantitative estimate of drug-likeness (QED) is 0.176. The van der Waals surface area contributed by atoms with Gasteiger partial charge in [-0.1, -0.05) is 55.8 Å². The number of Topliss-reactive ketones (excluding diaryl/α,β-unsaturated/α-hetero) is 1. The highest BCUT2D eigenvalue weighted by Crippen LogP contribution is 2.45. The molecule has 1 fully saturated rings. The van der Waals surface area contributed by atoms with E-state index < -0.39 is 17.7 Å². The molecule has 1 N–H and O–H groups in total. The van der Waals surface area contributed by atoms with Gasteiger partial charge >= 0.3 is 5.91 Å². The fourth-order valence-corrected chi connectivity index (χ4v) is 5.97. The van der Waals surface area contributed by atoms with E-state index in [0.29, 0.717) is 16.3 Å². The second kappa shape index (κ2) is 9.53. The van der Waals surface area contributed by atoms with Crippen LogP contribution in [0.15, 0.2) is 60.3 Å². The second-order valence-electron chi connectivity index (χ2n) is 10.2. The summed E-state index contributed by atoms with van der Waals surface area (Å²) < 4.78 is 6.33. The first-order valence-electron chi connectivity index (χ1n) is 12.0. The smallest absolute Gasteiger partial charge is 0.301 e. The van der Waals surface area contributed by atoms with E-state index in [9.17, 15) is 14.7 Å². The zero-order chi connectivity index (χ0) is 27.4. The van der Waals surface area contributed by atoms with Crippen molar-refractivity contribution in [2.75, 3.05) is 12.0 Å². The molecule has 0 aliphatic carbocycles. The number of aromatic nitrogens is 2. The summed E-state index contributed by atoms with van der Waals surface area (Å²) in [7, 11) is 1.43. The number of rotatable bonds is 4. The van der Waals surface area contributed by atoms with Crippen molar-refractivity contribution in [2.45, 2.75) is 39.2 Å². The molecule has 2 aromatic carbocycles. The maximum Gasteiger partial charge on any atom is 0.301 e. The van der Waals surface area contributed by atoms with Gasteiger partial charge in [0.25, 0.3) is 5.78 Å². The maximum atomic E-state index is 13.5. The number of carbonyl (C=O) groups excluding carboxylic acids is 2. The Hall–Kier alpha value is -3.75. The van der Waals surface area contributed by atoms with Crippen LogP contribution in [0, 0.1) is 6.92 Å². The van der Waals surface area contributed by atoms with E-state index in [1.807, 2.05) is 19.1 Å². The first-order chi connectivity index (χ1) is 18.0. The Morgan fingerprint density at radius 1 is 1.13 bits per heavy atom. The number of pyridine rings is 1. The zero-order valence-corrected chi connectivity index (χ0v) is 23.1. The summed E-state index contributed by atoms with van der Waals surface area (Å²) in [6, 6.07) is 13.6. The van der Waals surface area contributed by atoms with E-state index in [0.717, 1.165) is 15.8 Å². The van der Waals surface area contributed by atoms with Crippen molar-refractivity contribution in [3.63, 3.8) is 0 Å². The predicted octanol–water partition coefficient (Wildman–Crippen LogP) is 6.59. The van der Waals surface area contributed by atoms with Gasteiger partial charge in [0.2, 0.25) is 0 Å². The van der Waals surface area contributed by atoms with E-state index in [1.54, 1.807) is 36.5 Å². The van der Waals surface area contributed by atoms with Gasteiger partial charge in [-0.25, -0.2) is 4.98 Å². The van der Waals surface area contributed by atoms with Crippen LogP contribution in [0.25, 0.3) is 16.0 Å². The highest BCUT2D eigenvalue weighted by molar-refractivity contribution is 7.22. The summed E-state index contributed by atoms with van der Waals surface area (Å²) in [5.74, 6) is -1.82. The predicted molar refractivity (Wildman–Crippen MR) is 150 cm³/mol. The number of aryl methyl sites for hydroxylation is 1. The lowest BCUT2D eigenvalue weighted by molar-refractivity contribution is -0.132. The van der Waals surface area contributed by atoms with Crippen molar-refractivity contribution in [2.24, 2.45) is 0 Å². The van der Waals surface area contributed by atoms with Crippen LogP contribution in [0.1, 0.15) is 49.2 Å². The van der Waals surface area contributed by atoms with E-state index in [4.69, 9.17) is 21.3 Å². The van der Waals surface area contributed by atoms with Crippen molar-refractivity contribution >= 4 is 55.7 Å². The minimum Gasteiger partial charge on any atom is -0.507 e. The van der Waals surface area contributed by atoms with Gasteiger partial charge in [0.1, 0.15) is 17.6 Å². The van der Waals surface area contributed by atoms with Gasteiger partial charge in [-0.15, -0.1) is 0 Å². The summed E-state index contributed by atoms with van der Waals surface area (Å²) in [6.07, 6.45) is 1.58. The maximum absolute atomic E-state index is 13.5. The van der Waals surface area contributed by atoms with E-state index in [-0.39, 0.29) is 33.1 Å². The van der Waals surface area contributed by atoms with Gasteiger partial charge in [-0.2, -0.15) is 0 Å². The third-order valence-electron chi connectivity index (χ3n) is 6.51. The minimum absolute atomic E-state index is 0.0654. The van der Waals surface area contributed by atoms with E-state index in [1.165, 1.54) is 23.3 Å². The van der Waals surface area contributed by atoms with Crippen LogP contribution in [0.2, 0.25) is 5.02 Å². The first-order valence-corrected chi connectivity index (χ1v) is 13.2. The molecule has 7 nitrogen and oxygen atoms in total. The van der Waals surface area contributed by atoms with Crippen LogP contribution in [0.5, 0.6) is 5.75 Å². The average molecular weight is 548 g/mol. The van der Waals surface area contributed by atoms with Crippen LogP contribution in [0.3, 0.4) is 0 Å². The van der Waals surface area contributed by atoms with Crippen LogP contribution in [-0.2, 0) is 15.0 Å². The number of anilines is 1. The molecule has 9 heteroatoms. The van der Waals surface area contributed by atoms with Gasteiger partial charge in [0.05, 0.1) is 39.2 Å². The fourth-order valence-electron chi connectivity index (χ4n) is 4.59. The standard InChI is InChI=1S/C29H26ClN3O4S/c1-15-12-17(26(37-5)18(30)13-15)24(34)22-23(20-8-6-7-11-31-20)33(27(36)25(22)35)28-32-19-10-9-16(29(2,3)4)14-21(19)38-28/h6-14,23,34H,1-5H3/b24-22+. The van der Waals surface area contributed by atoms with Gasteiger partial charge < -0.3 is 9.84 Å². The molecule has 2 aromatic heterocycles. The van der Waals surface area contributed by atoms with Crippen LogP contribution < -0.4 is 9.64 Å². The molecule has 4 aromatic rings. The Morgan fingerprint density at radius 2 is 1.89 bits per heavy atom. The molecule has 0 saturated carbocycles. The third-order valence-corrected chi connectivity index (χ3v) is 7.81. The summed E-state index contributed by atoms with van der Waals surface area (Å²) in [5.41, 5.74) is 3.06. The van der Waals surface area contributed by atoms with E-state index >= 15 is 0 Å². The molecule has 1 unspecified atom stereocenters. The van der Waals surface area contributed by atoms with Crippen LogP contribution >= 0.6 is 22.9 Å². The number of amides is 1. The molecule has 0 radical (unpaired) electrons. The SMILES string of the molecule is COc1c(Cl)cc(C)cc1/C(O)=C1\C(=O)C(=O)N(c2nc3ccc(C(C)(C)C)cc3s2)C1c1ccccn1. The Morgan fingerprint density at radius 3 is 2.55 bits per heavy atom. The minimum atomic E-state index is -0.997. The monoisotopic (exact) mass is 547 g/mol. The largest absolute Gasteiger partial charge is 0.507 e. The number of fused-ring (bicyclic) bond motifs is 1. The van der Waals surface area contributed by atoms with Crippen LogP contribution in [0.4, 0.5) is 5.13 Å². The molecule has 3 heterocycles. The molecular formula is C29H26ClN3O4S. The number of nitrogens with zero attached hydrogens (tertiary/aromatic N) is 3. The third kappa shape index (κ3) is 4.33. The molecule has 1 amide bonds. The molecule has 1 atom stereocenters. The molecule has 38 heavy (non-hydrogen) atoms. The number of aliphatic hydroxyl groups is 1. The Bertz CT molecular complexity index is 1620. The summed E-state index contributed by atoms with van der Waals surface area (Å²) in [6.45, 7) is 8.19. The number of ketones is 1. The molecule has 0 bridgehead atoms. The van der Waals surface area contributed by atoms with Crippen molar-refractivity contribution in [1.29, 1.82) is 0 Å². The van der Waals surface area contributed by atoms with Crippen molar-refractivity contribution in [3.05, 3.63) is 87.7 Å². The van der Waals surface area contributed by atoms with Crippen LogP contribution in [-0.4, -0.2) is 33.9 Å². The summed E-state index contributed by atoms with van der Waals surface area (Å²) in [4.78, 5) is 37.5. The lowest BCUT2D eigenvalue weighted by atomic mass is 9.87. The van der Waals surface area contributed by atoms with Gasteiger partial charge in [-0.3, -0.25) is 19.5 Å². The van der Waals surface area contributed by atoms with Gasteiger partial charge in [0.15, 0.2) is 5.13 Å². The molecule has 5 rings (SSSR count). The summed E-state index contributed by atoms with van der Waals surface area (Å²) in [5, 5.41) is 12.1. The number of methoxy groups -OCH3 is 1. The second-order valence-corrected chi connectivity index (χ2v) is 11.6. The number of halogens is 1. The fraction of sp³-hybridized carbons (Fsp3) is 0.241. The zero-order valence-electron chi connectivity index (χ0n) is 21.6. The van der Waals surface area contributed by atoms with Gasteiger partial charge in [0, 0.05) is 6.20 Å². The summed E-state index contributed by atoms with van der Waals surface area (Å²) >= 11 is 7.69. The number of benzene rings is 2. The molecule has 1 aliphatic rings. The molecule has 1 saturated heterocycles. The number of carbonyl (C=O) groups is 2. The average Bonchev–Trinajstić information content (AvgIpc) is 3.41. The van der Waals surface area contributed by atoms with Crippen molar-refractivity contribution in [1.82, 2.24) is 9.97 Å². The first kappa shape index (κ1) is 25.9. The Labute approximate surface area is 229 Å². The Kier molecular flexibility index (Phi) is 6.49. The number of thiazole rings is 1. The lowest BCUT2D eigenvalue weighted by Gasteiger charge is -2.22. The molecule has 1 aliphatic heterocycles. The number of ether oxygens (including phenoxy) is 1.